The number of piperazine rings is 1. The number of phenolic OH excluding ortho intramolecular Hbond substituents is 1. The number of halogens is 2. The molecule has 2 fully saturated rings. The Bertz CT molecular complexity index is 1930. The third kappa shape index (κ3) is 5.15. The van der Waals surface area contributed by atoms with Crippen molar-refractivity contribution in [1.82, 2.24) is 24.0 Å². The van der Waals surface area contributed by atoms with Crippen molar-refractivity contribution in [3.63, 3.8) is 0 Å². The number of aromatic hydroxyl groups is 1. The lowest BCUT2D eigenvalue weighted by Crippen LogP contribution is -2.56. The highest BCUT2D eigenvalue weighted by molar-refractivity contribution is 6.33. The van der Waals surface area contributed by atoms with Crippen molar-refractivity contribution in [3.05, 3.63) is 57.1 Å². The summed E-state index contributed by atoms with van der Waals surface area (Å²) in [6, 6.07) is 3.35. The van der Waals surface area contributed by atoms with Crippen molar-refractivity contribution in [2.24, 2.45) is 0 Å². The van der Waals surface area contributed by atoms with Crippen LogP contribution in [0.3, 0.4) is 0 Å². The normalized spacial score (nSPS) is 16.8. The average Bonchev–Trinajstić information content (AvgIpc) is 3.64. The Morgan fingerprint density at radius 3 is 2.70 bits per heavy atom. The summed E-state index contributed by atoms with van der Waals surface area (Å²) in [5.74, 6) is -1.36. The number of carbonyl (C=O) groups excluding carboxylic acids is 2. The predicted molar refractivity (Wildman–Crippen MR) is 168 cm³/mol. The van der Waals surface area contributed by atoms with Gasteiger partial charge in [-0.2, -0.15) is 0 Å². The Morgan fingerprint density at radius 1 is 1.22 bits per heavy atom. The highest BCUT2D eigenvalue weighted by Gasteiger charge is 2.30. The van der Waals surface area contributed by atoms with Gasteiger partial charge in [0.25, 0.3) is 5.56 Å². The summed E-state index contributed by atoms with van der Waals surface area (Å²) in [4.78, 5) is 52.6. The summed E-state index contributed by atoms with van der Waals surface area (Å²) < 4.78 is 29.1. The molecule has 2 saturated heterocycles. The molecule has 240 valence electrons. The van der Waals surface area contributed by atoms with Crippen LogP contribution in [0.15, 0.2) is 29.3 Å². The van der Waals surface area contributed by atoms with Gasteiger partial charge in [0.15, 0.2) is 23.6 Å². The minimum atomic E-state index is -0.961. The number of carbonyl (C=O) groups is 2. The fraction of sp³-hybridized carbons (Fsp3) is 0.387. The van der Waals surface area contributed by atoms with Crippen LogP contribution in [0.4, 0.5) is 15.9 Å². The lowest BCUT2D eigenvalue weighted by Gasteiger charge is -2.42. The number of hydrogen-bond acceptors (Lipinski definition) is 10. The molecule has 3 aromatic heterocycles. The van der Waals surface area contributed by atoms with Crippen LogP contribution in [0.5, 0.6) is 11.5 Å². The summed E-state index contributed by atoms with van der Waals surface area (Å²) in [7, 11) is 1.16. The molecule has 1 amide bonds. The molecule has 0 atom stereocenters. The summed E-state index contributed by atoms with van der Waals surface area (Å²) in [6.45, 7) is 5.00. The molecule has 6 heterocycles. The largest absolute Gasteiger partial charge is 0.504 e. The first kappa shape index (κ1) is 30.1. The van der Waals surface area contributed by atoms with Crippen molar-refractivity contribution < 1.29 is 28.6 Å². The van der Waals surface area contributed by atoms with E-state index in [1.165, 1.54) is 21.5 Å². The second-order valence-electron chi connectivity index (χ2n) is 11.6. The zero-order chi connectivity index (χ0) is 32.1. The molecule has 15 heteroatoms. The van der Waals surface area contributed by atoms with E-state index in [0.717, 1.165) is 52.6 Å². The molecule has 0 radical (unpaired) electrons. The van der Waals surface area contributed by atoms with Gasteiger partial charge >= 0.3 is 0 Å². The zero-order valence-electron chi connectivity index (χ0n) is 25.0. The number of anilines is 2. The van der Waals surface area contributed by atoms with E-state index in [2.05, 4.69) is 20.1 Å². The lowest BCUT2D eigenvalue weighted by molar-refractivity contribution is -0.116. The second kappa shape index (κ2) is 12.0. The van der Waals surface area contributed by atoms with Crippen molar-refractivity contribution in [2.45, 2.75) is 32.0 Å². The molecule has 4 aromatic rings. The van der Waals surface area contributed by atoms with Gasteiger partial charge in [0.05, 0.1) is 54.2 Å². The first-order chi connectivity index (χ1) is 22.3. The fourth-order valence-electron chi connectivity index (χ4n) is 6.36. The number of aldehydes is 1. The van der Waals surface area contributed by atoms with Crippen molar-refractivity contribution in [3.8, 4) is 22.6 Å². The maximum Gasteiger partial charge on any atom is 0.263 e. The number of amides is 1. The van der Waals surface area contributed by atoms with E-state index in [1.807, 2.05) is 0 Å². The molecule has 1 aromatic carbocycles. The lowest BCUT2D eigenvalue weighted by atomic mass is 10.0. The van der Waals surface area contributed by atoms with Crippen LogP contribution in [0, 0.1) is 5.82 Å². The van der Waals surface area contributed by atoms with Crippen LogP contribution in [0.25, 0.3) is 22.2 Å². The molecule has 3 aliphatic rings. The number of aromatic nitrogens is 4. The molecule has 0 bridgehead atoms. The van der Waals surface area contributed by atoms with Crippen molar-refractivity contribution >= 4 is 46.3 Å². The fourth-order valence-corrected chi connectivity index (χ4v) is 6.51. The number of phenols is 1. The minimum absolute atomic E-state index is 0.0822. The van der Waals surface area contributed by atoms with Crippen LogP contribution in [-0.4, -0.2) is 93.8 Å². The molecule has 0 aliphatic carbocycles. The maximum atomic E-state index is 15.7. The van der Waals surface area contributed by atoms with Gasteiger partial charge < -0.3 is 29.4 Å². The van der Waals surface area contributed by atoms with Gasteiger partial charge in [-0.15, -0.1) is 0 Å². The number of hydrogen-bond donors (Lipinski definition) is 2. The molecule has 3 aliphatic heterocycles. The first-order valence-corrected chi connectivity index (χ1v) is 15.3. The van der Waals surface area contributed by atoms with Crippen LogP contribution in [-0.2, 0) is 29.0 Å². The monoisotopic (exact) mass is 651 g/mol. The SMILES string of the molecule is COc1c(O)c(C=O)cc(-c2cn(CC(=O)Nc3cc(N4CCN(C5COC5)CC4)ncc3Cl)c3nc4n(c(=O)c23)CCC4)c1F. The van der Waals surface area contributed by atoms with Gasteiger partial charge in [0.2, 0.25) is 5.91 Å². The van der Waals surface area contributed by atoms with Gasteiger partial charge in [-0.3, -0.25) is 23.9 Å². The third-order valence-electron chi connectivity index (χ3n) is 8.89. The number of rotatable bonds is 8. The summed E-state index contributed by atoms with van der Waals surface area (Å²) in [5, 5.41) is 13.5. The zero-order valence-corrected chi connectivity index (χ0v) is 25.7. The predicted octanol–water partition coefficient (Wildman–Crippen LogP) is 2.68. The Balaban J connectivity index is 1.20. The molecule has 0 spiro atoms. The van der Waals surface area contributed by atoms with E-state index < -0.39 is 28.8 Å². The second-order valence-corrected chi connectivity index (χ2v) is 12.0. The molecule has 46 heavy (non-hydrogen) atoms. The minimum Gasteiger partial charge on any atom is -0.504 e. The van der Waals surface area contributed by atoms with Crippen LogP contribution >= 0.6 is 11.6 Å². The van der Waals surface area contributed by atoms with Crippen molar-refractivity contribution in [1.29, 1.82) is 0 Å². The molecule has 0 saturated carbocycles. The summed E-state index contributed by atoms with van der Waals surface area (Å²) in [6.07, 6.45) is 4.61. The number of nitrogens with zero attached hydrogens (tertiary/aromatic N) is 6. The highest BCUT2D eigenvalue weighted by Crippen LogP contribution is 2.41. The number of aryl methyl sites for hydroxylation is 1. The Hall–Kier alpha value is -4.53. The Labute approximate surface area is 267 Å². The van der Waals surface area contributed by atoms with Crippen LogP contribution < -0.4 is 20.5 Å². The standard InChI is InChI=1S/C31H31ClFN7O6/c1-45-29-27(33)19(9-17(14-41)28(29)43)20-12-39(30-26(20)31(44)40-4-2-3-23(40)36-30)13-25(42)35-22-10-24(34-11-21(22)32)38-7-5-37(6-8-38)18-15-46-16-18/h9-12,14,18,43H,2-8,13,15-16H2,1H3,(H,34,35,42). The van der Waals surface area contributed by atoms with E-state index in [0.29, 0.717) is 49.0 Å². The topological polar surface area (TPSA) is 144 Å². The number of nitrogens with one attached hydrogen (secondary N) is 1. The van der Waals surface area contributed by atoms with Crippen LogP contribution in [0.1, 0.15) is 22.6 Å². The summed E-state index contributed by atoms with van der Waals surface area (Å²) in [5.41, 5.74) is -0.0794. The van der Waals surface area contributed by atoms with E-state index in [4.69, 9.17) is 26.1 Å². The van der Waals surface area contributed by atoms with Gasteiger partial charge in [-0.25, -0.2) is 14.4 Å². The Morgan fingerprint density at radius 2 is 2.00 bits per heavy atom. The highest BCUT2D eigenvalue weighted by atomic mass is 35.5. The third-order valence-corrected chi connectivity index (χ3v) is 9.19. The molecule has 13 nitrogen and oxygen atoms in total. The quantitative estimate of drug-likeness (QED) is 0.273. The van der Waals surface area contributed by atoms with E-state index in [1.54, 1.807) is 6.07 Å². The van der Waals surface area contributed by atoms with Gasteiger partial charge in [-0.05, 0) is 12.5 Å². The van der Waals surface area contributed by atoms with E-state index in [9.17, 15) is 19.5 Å². The maximum absolute atomic E-state index is 15.7. The smallest absolute Gasteiger partial charge is 0.263 e. The molecular formula is C31H31ClFN7O6. The van der Waals surface area contributed by atoms with Crippen LogP contribution in [0.2, 0.25) is 5.02 Å². The number of benzene rings is 1. The molecule has 0 unspecified atom stereocenters. The van der Waals surface area contributed by atoms with Gasteiger partial charge in [0, 0.05) is 62.5 Å². The first-order valence-electron chi connectivity index (χ1n) is 15.0. The number of fused-ring (bicyclic) bond motifs is 2. The van der Waals surface area contributed by atoms with E-state index in [-0.39, 0.29) is 39.3 Å². The Kier molecular flexibility index (Phi) is 7.87. The molecular weight excluding hydrogens is 621 g/mol. The number of ether oxygens (including phenoxy) is 2. The summed E-state index contributed by atoms with van der Waals surface area (Å²) >= 11 is 6.44. The van der Waals surface area contributed by atoms with Gasteiger partial charge in [0.1, 0.15) is 23.8 Å². The van der Waals surface area contributed by atoms with E-state index >= 15 is 4.39 Å². The molecule has 2 N–H and O–H groups in total. The number of methoxy groups -OCH3 is 1. The van der Waals surface area contributed by atoms with Crippen molar-refractivity contribution in [2.75, 3.05) is 56.7 Å². The molecule has 7 rings (SSSR count). The number of pyridine rings is 1. The average molecular weight is 652 g/mol. The van der Waals surface area contributed by atoms with Gasteiger partial charge in [-0.1, -0.05) is 11.6 Å².